The average Bonchev–Trinajstić information content (AvgIpc) is 2.34. The summed E-state index contributed by atoms with van der Waals surface area (Å²) in [4.78, 5) is 9.72. The summed E-state index contributed by atoms with van der Waals surface area (Å²) in [5.41, 5.74) is 5.23. The zero-order valence-corrected chi connectivity index (χ0v) is 6.30. The number of nitrogens with zero attached hydrogens (tertiary/aromatic N) is 3. The van der Waals surface area contributed by atoms with E-state index in [1.54, 1.807) is 6.08 Å². The van der Waals surface area contributed by atoms with Gasteiger partial charge < -0.3 is 5.73 Å². The van der Waals surface area contributed by atoms with Crippen LogP contribution in [0.1, 0.15) is 0 Å². The van der Waals surface area contributed by atoms with Gasteiger partial charge in [0, 0.05) is 0 Å². The Balaban J connectivity index is 3.03. The summed E-state index contributed by atoms with van der Waals surface area (Å²) in [6.07, 6.45) is 2.69. The van der Waals surface area contributed by atoms with Gasteiger partial charge in [-0.1, -0.05) is 6.08 Å². The van der Waals surface area contributed by atoms with Crippen LogP contribution in [0.2, 0.25) is 0 Å². The van der Waals surface area contributed by atoms with E-state index in [4.69, 9.17) is 5.73 Å². The van der Waals surface area contributed by atoms with Crippen LogP contribution in [0.3, 0.4) is 0 Å². The van der Waals surface area contributed by atoms with E-state index in [1.807, 2.05) is 0 Å². The second-order valence-corrected chi connectivity index (χ2v) is 2.14. The van der Waals surface area contributed by atoms with Gasteiger partial charge in [0.2, 0.25) is 5.82 Å². The van der Waals surface area contributed by atoms with E-state index >= 15 is 0 Å². The first-order chi connectivity index (χ1) is 5.66. The van der Waals surface area contributed by atoms with Crippen LogP contribution in [0.5, 0.6) is 0 Å². The lowest BCUT2D eigenvalue weighted by atomic mass is 10.5. The van der Waals surface area contributed by atoms with Crippen molar-refractivity contribution in [3.63, 3.8) is 0 Å². The molecule has 0 bridgehead atoms. The van der Waals surface area contributed by atoms with Crippen LogP contribution in [0, 0.1) is 10.1 Å². The highest BCUT2D eigenvalue weighted by molar-refractivity contribution is 5.51. The largest absolute Gasteiger partial charge is 0.378 e. The van der Waals surface area contributed by atoms with Gasteiger partial charge in [0.25, 0.3) is 0 Å². The number of nitro groups is 1. The molecule has 0 aromatic carbocycles. The molecule has 0 spiro atoms. The fourth-order valence-corrected chi connectivity index (χ4v) is 0.793. The topological polar surface area (TPSA) is 87.0 Å². The molecule has 6 heteroatoms. The standard InChI is InChI=1S/C6H8N4O2/c1-2-3-9-6(7)5(4-8-9)10(11)12/h2,4H,1,3,7H2. The van der Waals surface area contributed by atoms with Crippen LogP contribution in [0.15, 0.2) is 18.9 Å². The second kappa shape index (κ2) is 3.04. The highest BCUT2D eigenvalue weighted by Gasteiger charge is 2.16. The average molecular weight is 168 g/mol. The molecule has 1 heterocycles. The Kier molecular flexibility index (Phi) is 2.09. The lowest BCUT2D eigenvalue weighted by molar-refractivity contribution is -0.384. The molecule has 0 atom stereocenters. The number of nitrogens with two attached hydrogens (primary N) is 1. The van der Waals surface area contributed by atoms with Crippen LogP contribution >= 0.6 is 0 Å². The van der Waals surface area contributed by atoms with Crippen molar-refractivity contribution in [1.82, 2.24) is 9.78 Å². The molecule has 0 aliphatic carbocycles. The van der Waals surface area contributed by atoms with Gasteiger partial charge >= 0.3 is 5.69 Å². The van der Waals surface area contributed by atoms with Crippen molar-refractivity contribution < 1.29 is 4.92 Å². The molecule has 0 saturated heterocycles. The summed E-state index contributed by atoms with van der Waals surface area (Å²) in [5, 5.41) is 14.0. The van der Waals surface area contributed by atoms with Crippen molar-refractivity contribution in [1.29, 1.82) is 0 Å². The SMILES string of the molecule is C=CCn1ncc([N+](=O)[O-])c1N. The van der Waals surface area contributed by atoms with E-state index in [2.05, 4.69) is 11.7 Å². The Morgan fingerprint density at radius 3 is 3.00 bits per heavy atom. The summed E-state index contributed by atoms with van der Waals surface area (Å²) < 4.78 is 1.31. The number of hydrogen-bond acceptors (Lipinski definition) is 4. The van der Waals surface area contributed by atoms with E-state index in [1.165, 1.54) is 4.68 Å². The van der Waals surface area contributed by atoms with Gasteiger partial charge in [-0.05, 0) is 0 Å². The first-order valence-corrected chi connectivity index (χ1v) is 3.23. The van der Waals surface area contributed by atoms with Crippen molar-refractivity contribution in [3.05, 3.63) is 29.0 Å². The first-order valence-electron chi connectivity index (χ1n) is 3.23. The Labute approximate surface area is 68.4 Å². The Morgan fingerprint density at radius 2 is 2.58 bits per heavy atom. The maximum absolute atomic E-state index is 10.3. The molecule has 64 valence electrons. The third-order valence-corrected chi connectivity index (χ3v) is 1.36. The van der Waals surface area contributed by atoms with Crippen LogP contribution in [0.25, 0.3) is 0 Å². The fourth-order valence-electron chi connectivity index (χ4n) is 0.793. The molecule has 1 rings (SSSR count). The van der Waals surface area contributed by atoms with Gasteiger partial charge in [-0.3, -0.25) is 10.1 Å². The minimum atomic E-state index is -0.568. The van der Waals surface area contributed by atoms with E-state index in [9.17, 15) is 10.1 Å². The third-order valence-electron chi connectivity index (χ3n) is 1.36. The number of nitrogen functional groups attached to an aromatic ring is 1. The van der Waals surface area contributed by atoms with Crippen LogP contribution in [0.4, 0.5) is 11.5 Å². The van der Waals surface area contributed by atoms with Gasteiger partial charge in [0.1, 0.15) is 6.20 Å². The molecule has 0 aliphatic rings. The van der Waals surface area contributed by atoms with Gasteiger partial charge in [0.05, 0.1) is 11.5 Å². The van der Waals surface area contributed by atoms with Crippen molar-refractivity contribution in [2.45, 2.75) is 6.54 Å². The Hall–Kier alpha value is -1.85. The number of rotatable bonds is 3. The Bertz CT molecular complexity index is 317. The molecule has 0 unspecified atom stereocenters. The van der Waals surface area contributed by atoms with Crippen LogP contribution < -0.4 is 5.73 Å². The maximum Gasteiger partial charge on any atom is 0.330 e. The highest BCUT2D eigenvalue weighted by atomic mass is 16.6. The maximum atomic E-state index is 10.3. The summed E-state index contributed by atoms with van der Waals surface area (Å²) in [5.74, 6) is 0.0555. The van der Waals surface area contributed by atoms with Crippen molar-refractivity contribution in [2.24, 2.45) is 0 Å². The summed E-state index contributed by atoms with van der Waals surface area (Å²) in [7, 11) is 0. The molecule has 12 heavy (non-hydrogen) atoms. The fraction of sp³-hybridized carbons (Fsp3) is 0.167. The molecule has 1 aromatic rings. The lowest BCUT2D eigenvalue weighted by Crippen LogP contribution is -2.03. The van der Waals surface area contributed by atoms with E-state index in [0.29, 0.717) is 6.54 Å². The smallest absolute Gasteiger partial charge is 0.330 e. The van der Waals surface area contributed by atoms with Crippen LogP contribution in [-0.2, 0) is 6.54 Å². The minimum absolute atomic E-state index is 0.0555. The molecular formula is C6H8N4O2. The van der Waals surface area contributed by atoms with E-state index < -0.39 is 4.92 Å². The molecular weight excluding hydrogens is 160 g/mol. The quantitative estimate of drug-likeness (QED) is 0.405. The predicted molar refractivity (Wildman–Crippen MR) is 43.5 cm³/mol. The van der Waals surface area contributed by atoms with Gasteiger partial charge in [-0.15, -0.1) is 6.58 Å². The number of hydrogen-bond donors (Lipinski definition) is 1. The Morgan fingerprint density at radius 1 is 1.92 bits per heavy atom. The molecule has 1 aromatic heterocycles. The number of allylic oxidation sites excluding steroid dienone is 1. The molecule has 0 aliphatic heterocycles. The third kappa shape index (κ3) is 1.26. The van der Waals surface area contributed by atoms with Crippen molar-refractivity contribution in [3.8, 4) is 0 Å². The zero-order chi connectivity index (χ0) is 9.14. The number of aromatic nitrogens is 2. The summed E-state index contributed by atoms with van der Waals surface area (Å²) in [6.45, 7) is 3.84. The van der Waals surface area contributed by atoms with Crippen molar-refractivity contribution in [2.75, 3.05) is 5.73 Å². The molecule has 2 N–H and O–H groups in total. The molecule has 6 nitrogen and oxygen atoms in total. The summed E-state index contributed by atoms with van der Waals surface area (Å²) in [6, 6.07) is 0. The van der Waals surface area contributed by atoms with Gasteiger partial charge in [0.15, 0.2) is 0 Å². The van der Waals surface area contributed by atoms with E-state index in [-0.39, 0.29) is 11.5 Å². The van der Waals surface area contributed by atoms with Gasteiger partial charge in [-0.2, -0.15) is 5.10 Å². The molecule has 0 saturated carbocycles. The lowest BCUT2D eigenvalue weighted by Gasteiger charge is -1.96. The molecule has 0 amide bonds. The summed E-state index contributed by atoms with van der Waals surface area (Å²) >= 11 is 0. The number of anilines is 1. The highest BCUT2D eigenvalue weighted by Crippen LogP contribution is 2.19. The van der Waals surface area contributed by atoms with Crippen LogP contribution in [-0.4, -0.2) is 14.7 Å². The van der Waals surface area contributed by atoms with Gasteiger partial charge in [-0.25, -0.2) is 4.68 Å². The predicted octanol–water partition coefficient (Wildman–Crippen LogP) is 0.559. The normalized spacial score (nSPS) is 9.67. The molecule has 0 fully saturated rings. The monoisotopic (exact) mass is 168 g/mol. The second-order valence-electron chi connectivity index (χ2n) is 2.14. The first kappa shape index (κ1) is 8.25. The minimum Gasteiger partial charge on any atom is -0.378 e. The van der Waals surface area contributed by atoms with E-state index in [0.717, 1.165) is 6.20 Å². The zero-order valence-electron chi connectivity index (χ0n) is 6.30. The molecule has 0 radical (unpaired) electrons. The van der Waals surface area contributed by atoms with Crippen molar-refractivity contribution >= 4 is 11.5 Å².